The molecular weight excluding hydrogens is 298 g/mol. The molecule has 0 bridgehead atoms. The van der Waals surface area contributed by atoms with Gasteiger partial charge in [-0.1, -0.05) is 43.3 Å². The van der Waals surface area contributed by atoms with Crippen molar-refractivity contribution < 1.29 is 13.2 Å². The molecule has 0 aliphatic rings. The molecule has 118 valence electrons. The van der Waals surface area contributed by atoms with Gasteiger partial charge >= 0.3 is 0 Å². The van der Waals surface area contributed by atoms with Crippen molar-refractivity contribution in [1.29, 1.82) is 0 Å². The number of rotatable bonds is 7. The Hall–Kier alpha value is -1.85. The first kappa shape index (κ1) is 16.5. The van der Waals surface area contributed by atoms with Crippen molar-refractivity contribution in [3.63, 3.8) is 0 Å². The van der Waals surface area contributed by atoms with Crippen molar-refractivity contribution in [3.05, 3.63) is 59.7 Å². The average molecular weight is 319 g/mol. The molecule has 0 heterocycles. The lowest BCUT2D eigenvalue weighted by molar-refractivity contribution is 0.322. The zero-order chi connectivity index (χ0) is 16.0. The normalized spacial score (nSPS) is 11.4. The van der Waals surface area contributed by atoms with E-state index in [1.54, 1.807) is 36.4 Å². The lowest BCUT2D eigenvalue weighted by atomic mass is 10.1. The molecule has 0 fully saturated rings. The molecule has 0 saturated carbocycles. The standard InChI is InChI=1S/C17H21NO3S/c1-2-14-7-6-8-15(17(14)21-12-11-18)13-22(19,20)16-9-4-3-5-10-16/h3-10H,2,11-13,18H2,1H3. The van der Waals surface area contributed by atoms with Crippen LogP contribution in [0.15, 0.2) is 53.4 Å². The number of ether oxygens (including phenoxy) is 1. The van der Waals surface area contributed by atoms with E-state index in [4.69, 9.17) is 10.5 Å². The van der Waals surface area contributed by atoms with Crippen molar-refractivity contribution in [2.75, 3.05) is 13.2 Å². The zero-order valence-corrected chi connectivity index (χ0v) is 13.5. The van der Waals surface area contributed by atoms with Crippen LogP contribution in [0, 0.1) is 0 Å². The molecule has 5 heteroatoms. The van der Waals surface area contributed by atoms with Crippen LogP contribution >= 0.6 is 0 Å². The summed E-state index contributed by atoms with van der Waals surface area (Å²) in [6.07, 6.45) is 0.777. The zero-order valence-electron chi connectivity index (χ0n) is 12.7. The van der Waals surface area contributed by atoms with Gasteiger partial charge in [-0.25, -0.2) is 8.42 Å². The van der Waals surface area contributed by atoms with E-state index >= 15 is 0 Å². The second-order valence-corrected chi connectivity index (χ2v) is 6.96. The molecular formula is C17H21NO3S. The number of nitrogens with two attached hydrogens (primary N) is 1. The number of benzene rings is 2. The summed E-state index contributed by atoms with van der Waals surface area (Å²) in [5, 5.41) is 0. The molecule has 2 rings (SSSR count). The van der Waals surface area contributed by atoms with Gasteiger partial charge in [0.2, 0.25) is 0 Å². The molecule has 0 amide bonds. The lowest BCUT2D eigenvalue weighted by Crippen LogP contribution is -2.14. The molecule has 2 aromatic rings. The van der Waals surface area contributed by atoms with Gasteiger partial charge in [0.1, 0.15) is 12.4 Å². The highest BCUT2D eigenvalue weighted by Gasteiger charge is 2.19. The Balaban J connectivity index is 2.36. The summed E-state index contributed by atoms with van der Waals surface area (Å²) in [6, 6.07) is 14.1. The van der Waals surface area contributed by atoms with Crippen molar-refractivity contribution in [2.24, 2.45) is 5.73 Å². The highest BCUT2D eigenvalue weighted by Crippen LogP contribution is 2.28. The Morgan fingerprint density at radius 1 is 1.00 bits per heavy atom. The van der Waals surface area contributed by atoms with Crippen LogP contribution in [-0.2, 0) is 22.0 Å². The van der Waals surface area contributed by atoms with Crippen LogP contribution in [-0.4, -0.2) is 21.6 Å². The molecule has 0 saturated heterocycles. The van der Waals surface area contributed by atoms with Gasteiger partial charge in [0.05, 0.1) is 10.6 Å². The van der Waals surface area contributed by atoms with Crippen LogP contribution < -0.4 is 10.5 Å². The molecule has 0 spiro atoms. The molecule has 0 radical (unpaired) electrons. The molecule has 2 aromatic carbocycles. The maximum Gasteiger partial charge on any atom is 0.182 e. The van der Waals surface area contributed by atoms with E-state index in [0.717, 1.165) is 12.0 Å². The molecule has 0 atom stereocenters. The monoisotopic (exact) mass is 319 g/mol. The lowest BCUT2D eigenvalue weighted by Gasteiger charge is -2.15. The number of sulfone groups is 1. The predicted octanol–water partition coefficient (Wildman–Crippen LogP) is 2.56. The van der Waals surface area contributed by atoms with E-state index in [1.165, 1.54) is 0 Å². The van der Waals surface area contributed by atoms with E-state index in [0.29, 0.717) is 29.4 Å². The quantitative estimate of drug-likeness (QED) is 0.851. The first-order chi connectivity index (χ1) is 10.6. The van der Waals surface area contributed by atoms with Gasteiger partial charge in [0.25, 0.3) is 0 Å². The molecule has 4 nitrogen and oxygen atoms in total. The van der Waals surface area contributed by atoms with Crippen LogP contribution in [0.1, 0.15) is 18.1 Å². The summed E-state index contributed by atoms with van der Waals surface area (Å²) in [4.78, 5) is 0.321. The van der Waals surface area contributed by atoms with Crippen molar-refractivity contribution in [1.82, 2.24) is 0 Å². The Morgan fingerprint density at radius 2 is 1.68 bits per heavy atom. The molecule has 0 aliphatic heterocycles. The van der Waals surface area contributed by atoms with Gasteiger partial charge in [-0.3, -0.25) is 0 Å². The highest BCUT2D eigenvalue weighted by molar-refractivity contribution is 7.90. The minimum absolute atomic E-state index is 0.0786. The Kier molecular flexibility index (Phi) is 5.57. The summed E-state index contributed by atoms with van der Waals surface area (Å²) in [5.41, 5.74) is 7.17. The Morgan fingerprint density at radius 3 is 2.32 bits per heavy atom. The summed E-state index contributed by atoms with van der Waals surface area (Å²) >= 11 is 0. The number of aryl methyl sites for hydroxylation is 1. The maximum absolute atomic E-state index is 12.5. The first-order valence-corrected chi connectivity index (χ1v) is 8.95. The second-order valence-electron chi connectivity index (χ2n) is 4.97. The highest BCUT2D eigenvalue weighted by atomic mass is 32.2. The van der Waals surface area contributed by atoms with Crippen molar-refractivity contribution in [3.8, 4) is 5.75 Å². The largest absolute Gasteiger partial charge is 0.492 e. The second kappa shape index (κ2) is 7.42. The van der Waals surface area contributed by atoms with Gasteiger partial charge in [0, 0.05) is 12.1 Å². The molecule has 0 aliphatic carbocycles. The molecule has 0 unspecified atom stereocenters. The molecule has 0 aromatic heterocycles. The summed E-state index contributed by atoms with van der Waals surface area (Å²) in [5.74, 6) is 0.569. The fourth-order valence-electron chi connectivity index (χ4n) is 2.29. The Bertz CT molecular complexity index is 712. The van der Waals surface area contributed by atoms with Crippen LogP contribution in [0.3, 0.4) is 0 Å². The third-order valence-electron chi connectivity index (χ3n) is 3.37. The number of hydrogen-bond donors (Lipinski definition) is 1. The fourth-order valence-corrected chi connectivity index (χ4v) is 3.67. The summed E-state index contributed by atoms with van der Waals surface area (Å²) in [7, 11) is -3.40. The number of hydrogen-bond acceptors (Lipinski definition) is 4. The average Bonchev–Trinajstić information content (AvgIpc) is 2.54. The fraction of sp³-hybridized carbons (Fsp3) is 0.294. The van der Waals surface area contributed by atoms with Crippen molar-refractivity contribution >= 4 is 9.84 Å². The SMILES string of the molecule is CCc1cccc(CS(=O)(=O)c2ccccc2)c1OCCN. The Labute approximate surface area is 131 Å². The number of para-hydroxylation sites is 1. The van der Waals surface area contributed by atoms with E-state index < -0.39 is 9.84 Å². The van der Waals surface area contributed by atoms with Crippen LogP contribution in [0.5, 0.6) is 5.75 Å². The van der Waals surface area contributed by atoms with E-state index in [9.17, 15) is 8.42 Å². The van der Waals surface area contributed by atoms with Gasteiger partial charge in [-0.2, -0.15) is 0 Å². The van der Waals surface area contributed by atoms with Crippen molar-refractivity contribution in [2.45, 2.75) is 24.0 Å². The molecule has 22 heavy (non-hydrogen) atoms. The van der Waals surface area contributed by atoms with Gasteiger partial charge in [-0.15, -0.1) is 0 Å². The first-order valence-electron chi connectivity index (χ1n) is 7.30. The predicted molar refractivity (Wildman–Crippen MR) is 87.7 cm³/mol. The van der Waals surface area contributed by atoms with Crippen LogP contribution in [0.25, 0.3) is 0 Å². The van der Waals surface area contributed by atoms with Gasteiger partial charge < -0.3 is 10.5 Å². The smallest absolute Gasteiger partial charge is 0.182 e. The maximum atomic E-state index is 12.5. The van der Waals surface area contributed by atoms with Crippen LogP contribution in [0.4, 0.5) is 0 Å². The summed E-state index contributed by atoms with van der Waals surface area (Å²) < 4.78 is 30.8. The topological polar surface area (TPSA) is 69.4 Å². The van der Waals surface area contributed by atoms with Crippen LogP contribution in [0.2, 0.25) is 0 Å². The summed E-state index contributed by atoms with van der Waals surface area (Å²) in [6.45, 7) is 2.78. The minimum Gasteiger partial charge on any atom is -0.492 e. The third kappa shape index (κ3) is 3.87. The van der Waals surface area contributed by atoms with E-state index in [1.807, 2.05) is 19.1 Å². The van der Waals surface area contributed by atoms with E-state index in [2.05, 4.69) is 0 Å². The van der Waals surface area contributed by atoms with Gasteiger partial charge in [0.15, 0.2) is 9.84 Å². The molecule has 2 N–H and O–H groups in total. The third-order valence-corrected chi connectivity index (χ3v) is 5.05. The van der Waals surface area contributed by atoms with E-state index in [-0.39, 0.29) is 5.75 Å². The minimum atomic E-state index is -3.40. The van der Waals surface area contributed by atoms with Gasteiger partial charge in [-0.05, 0) is 24.1 Å².